The quantitative estimate of drug-likeness (QED) is 0.459. The number of anilines is 1. The van der Waals surface area contributed by atoms with Crippen LogP contribution in [0.25, 0.3) is 0 Å². The molecule has 0 aliphatic heterocycles. The fourth-order valence-corrected chi connectivity index (χ4v) is 3.59. The van der Waals surface area contributed by atoms with Gasteiger partial charge in [0.15, 0.2) is 14.1 Å². The van der Waals surface area contributed by atoms with E-state index in [1.807, 2.05) is 0 Å². The van der Waals surface area contributed by atoms with Crippen LogP contribution in [0.5, 0.6) is 0 Å². The van der Waals surface area contributed by atoms with Crippen LogP contribution in [0.15, 0.2) is 28.8 Å². The fourth-order valence-electron chi connectivity index (χ4n) is 2.54. The standard InChI is InChI=1S/C21H35N3O2Si/c1-8-17-9-11-18(12-10-17)15-16(2)19-23-20(26-24-19)22-13-14-25-27(6,7)21(3,4)5/h9-12,16H,8,13-15H2,1-7H3,(H,22,23,24)/t16-/m0/s1. The molecule has 0 amide bonds. The predicted molar refractivity (Wildman–Crippen MR) is 114 cm³/mol. The second-order valence-electron chi connectivity index (χ2n) is 8.77. The van der Waals surface area contributed by atoms with Crippen LogP contribution in [0.2, 0.25) is 18.1 Å². The second kappa shape index (κ2) is 9.02. The zero-order valence-electron chi connectivity index (χ0n) is 17.9. The Hall–Kier alpha value is -1.66. The van der Waals surface area contributed by atoms with E-state index in [4.69, 9.17) is 8.95 Å². The van der Waals surface area contributed by atoms with Crippen molar-refractivity contribution in [3.05, 3.63) is 41.2 Å². The SMILES string of the molecule is CCc1ccc(C[C@H](C)c2noc(NCCO[Si](C)(C)C(C)(C)C)n2)cc1. The predicted octanol–water partition coefficient (Wildman–Crippen LogP) is 5.41. The Labute approximate surface area is 165 Å². The molecule has 0 radical (unpaired) electrons. The Kier molecular flexibility index (Phi) is 7.23. The third-order valence-corrected chi connectivity index (χ3v) is 10.0. The number of hydrogen-bond acceptors (Lipinski definition) is 5. The topological polar surface area (TPSA) is 60.2 Å². The Bertz CT molecular complexity index is 705. The first-order valence-electron chi connectivity index (χ1n) is 9.91. The van der Waals surface area contributed by atoms with E-state index < -0.39 is 8.32 Å². The number of benzene rings is 1. The lowest BCUT2D eigenvalue weighted by atomic mass is 9.99. The molecule has 0 bridgehead atoms. The molecule has 1 N–H and O–H groups in total. The highest BCUT2D eigenvalue weighted by molar-refractivity contribution is 6.74. The third kappa shape index (κ3) is 6.18. The zero-order chi connectivity index (χ0) is 20.1. The van der Waals surface area contributed by atoms with Gasteiger partial charge in [-0.1, -0.05) is 64.0 Å². The Balaban J connectivity index is 1.81. The van der Waals surface area contributed by atoms with Crippen LogP contribution in [0.4, 0.5) is 6.01 Å². The number of rotatable bonds is 9. The highest BCUT2D eigenvalue weighted by Gasteiger charge is 2.36. The van der Waals surface area contributed by atoms with E-state index in [2.05, 4.69) is 87.4 Å². The monoisotopic (exact) mass is 389 g/mol. The van der Waals surface area contributed by atoms with Gasteiger partial charge in [-0.3, -0.25) is 0 Å². The van der Waals surface area contributed by atoms with Crippen molar-refractivity contribution in [3.63, 3.8) is 0 Å². The molecule has 0 unspecified atom stereocenters. The summed E-state index contributed by atoms with van der Waals surface area (Å²) < 4.78 is 11.5. The third-order valence-electron chi connectivity index (χ3n) is 5.50. The Morgan fingerprint density at radius 2 is 1.78 bits per heavy atom. The maximum Gasteiger partial charge on any atom is 0.321 e. The van der Waals surface area contributed by atoms with Crippen molar-refractivity contribution in [1.82, 2.24) is 10.1 Å². The van der Waals surface area contributed by atoms with Gasteiger partial charge in [0.1, 0.15) is 0 Å². The van der Waals surface area contributed by atoms with Gasteiger partial charge >= 0.3 is 6.01 Å². The Morgan fingerprint density at radius 1 is 1.15 bits per heavy atom. The molecule has 1 aromatic heterocycles. The van der Waals surface area contributed by atoms with Gasteiger partial charge < -0.3 is 14.3 Å². The summed E-state index contributed by atoms with van der Waals surface area (Å²) in [7, 11) is -1.71. The summed E-state index contributed by atoms with van der Waals surface area (Å²) in [5.74, 6) is 0.947. The normalized spacial score (nSPS) is 13.6. The van der Waals surface area contributed by atoms with Crippen LogP contribution in [0, 0.1) is 0 Å². The van der Waals surface area contributed by atoms with Crippen molar-refractivity contribution in [3.8, 4) is 0 Å². The number of aromatic nitrogens is 2. The largest absolute Gasteiger partial charge is 0.415 e. The van der Waals surface area contributed by atoms with Gasteiger partial charge in [-0.15, -0.1) is 0 Å². The maximum atomic E-state index is 6.15. The molecule has 0 aliphatic carbocycles. The average Bonchev–Trinajstić information content (AvgIpc) is 3.07. The summed E-state index contributed by atoms with van der Waals surface area (Å²) in [5, 5.41) is 7.53. The van der Waals surface area contributed by atoms with Crippen molar-refractivity contribution in [2.75, 3.05) is 18.5 Å². The molecule has 27 heavy (non-hydrogen) atoms. The van der Waals surface area contributed by atoms with E-state index in [1.165, 1.54) is 11.1 Å². The summed E-state index contributed by atoms with van der Waals surface area (Å²) >= 11 is 0. The summed E-state index contributed by atoms with van der Waals surface area (Å²) in [5.41, 5.74) is 2.65. The highest BCUT2D eigenvalue weighted by atomic mass is 28.4. The van der Waals surface area contributed by atoms with Gasteiger partial charge in [0.2, 0.25) is 0 Å². The molecule has 0 aliphatic rings. The fraction of sp³-hybridized carbons (Fsp3) is 0.619. The van der Waals surface area contributed by atoms with Crippen LogP contribution < -0.4 is 5.32 Å². The molecule has 5 nitrogen and oxygen atoms in total. The minimum Gasteiger partial charge on any atom is -0.415 e. The van der Waals surface area contributed by atoms with E-state index in [9.17, 15) is 0 Å². The molecule has 0 saturated heterocycles. The van der Waals surface area contributed by atoms with Gasteiger partial charge in [-0.25, -0.2) is 0 Å². The zero-order valence-corrected chi connectivity index (χ0v) is 18.9. The minimum absolute atomic E-state index is 0.209. The van der Waals surface area contributed by atoms with Crippen molar-refractivity contribution < 1.29 is 8.95 Å². The summed E-state index contributed by atoms with van der Waals surface area (Å²) in [6.07, 6.45) is 1.96. The molecule has 1 heterocycles. The second-order valence-corrected chi connectivity index (χ2v) is 13.6. The van der Waals surface area contributed by atoms with E-state index in [-0.39, 0.29) is 11.0 Å². The van der Waals surface area contributed by atoms with E-state index >= 15 is 0 Å². The smallest absolute Gasteiger partial charge is 0.321 e. The van der Waals surface area contributed by atoms with Gasteiger partial charge in [0, 0.05) is 12.5 Å². The average molecular weight is 390 g/mol. The van der Waals surface area contributed by atoms with Gasteiger partial charge in [-0.05, 0) is 42.1 Å². The molecule has 6 heteroatoms. The lowest BCUT2D eigenvalue weighted by molar-refractivity contribution is 0.299. The number of nitrogens with one attached hydrogen (secondary N) is 1. The molecule has 1 aromatic carbocycles. The van der Waals surface area contributed by atoms with Crippen molar-refractivity contribution in [2.45, 2.75) is 71.5 Å². The first-order valence-corrected chi connectivity index (χ1v) is 12.8. The lowest BCUT2D eigenvalue weighted by Gasteiger charge is -2.36. The molecule has 0 saturated carbocycles. The van der Waals surface area contributed by atoms with Crippen molar-refractivity contribution >= 4 is 14.3 Å². The number of nitrogens with zero attached hydrogens (tertiary/aromatic N) is 2. The van der Waals surface area contributed by atoms with E-state index in [1.54, 1.807) is 0 Å². The molecular weight excluding hydrogens is 354 g/mol. The van der Waals surface area contributed by atoms with Crippen LogP contribution in [-0.2, 0) is 17.3 Å². The highest BCUT2D eigenvalue weighted by Crippen LogP contribution is 2.36. The molecule has 2 aromatic rings. The maximum absolute atomic E-state index is 6.15. The summed E-state index contributed by atoms with van der Waals surface area (Å²) in [6.45, 7) is 16.9. The molecule has 2 rings (SSSR count). The Morgan fingerprint density at radius 3 is 2.37 bits per heavy atom. The first kappa shape index (κ1) is 21.6. The van der Waals surface area contributed by atoms with Gasteiger partial charge in [0.25, 0.3) is 0 Å². The molecule has 0 fully saturated rings. The van der Waals surface area contributed by atoms with Crippen LogP contribution in [-0.4, -0.2) is 31.6 Å². The molecule has 150 valence electrons. The van der Waals surface area contributed by atoms with E-state index in [0.29, 0.717) is 19.2 Å². The van der Waals surface area contributed by atoms with Gasteiger partial charge in [0.05, 0.1) is 6.61 Å². The van der Waals surface area contributed by atoms with Crippen molar-refractivity contribution in [1.29, 1.82) is 0 Å². The summed E-state index contributed by atoms with van der Waals surface area (Å²) in [4.78, 5) is 4.49. The molecule has 0 spiro atoms. The van der Waals surface area contributed by atoms with Gasteiger partial charge in [-0.2, -0.15) is 4.98 Å². The molecule has 1 atom stereocenters. The van der Waals surface area contributed by atoms with Crippen LogP contribution in [0.1, 0.15) is 57.5 Å². The van der Waals surface area contributed by atoms with Crippen LogP contribution >= 0.6 is 0 Å². The van der Waals surface area contributed by atoms with E-state index in [0.717, 1.165) is 18.7 Å². The van der Waals surface area contributed by atoms with Crippen LogP contribution in [0.3, 0.4) is 0 Å². The summed E-state index contributed by atoms with van der Waals surface area (Å²) in [6, 6.07) is 9.22. The minimum atomic E-state index is -1.71. The lowest BCUT2D eigenvalue weighted by Crippen LogP contribution is -2.41. The first-order chi connectivity index (χ1) is 12.6. The number of hydrogen-bond donors (Lipinski definition) is 1. The van der Waals surface area contributed by atoms with Crippen molar-refractivity contribution in [2.24, 2.45) is 0 Å². The molecular formula is C21H35N3O2Si. The number of aryl methyl sites for hydroxylation is 1.